The van der Waals surface area contributed by atoms with Crippen molar-refractivity contribution >= 4 is 23.6 Å². The molecule has 2 aromatic carbocycles. The first kappa shape index (κ1) is 19.5. The average molecular weight is 366 g/mol. The quantitative estimate of drug-likeness (QED) is 0.479. The Kier molecular flexibility index (Phi) is 6.55. The molecule has 0 saturated heterocycles. The van der Waals surface area contributed by atoms with E-state index in [0.717, 1.165) is 0 Å². The number of amides is 1. The summed E-state index contributed by atoms with van der Waals surface area (Å²) in [6.45, 7) is 0. The van der Waals surface area contributed by atoms with E-state index in [1.54, 1.807) is 30.3 Å². The maximum absolute atomic E-state index is 12.4. The number of nitrogens with zero attached hydrogens (tertiary/aromatic N) is 1. The highest BCUT2D eigenvalue weighted by Gasteiger charge is 2.12. The van der Waals surface area contributed by atoms with Crippen LogP contribution in [0.2, 0.25) is 0 Å². The first-order valence-electron chi connectivity index (χ1n) is 7.86. The van der Waals surface area contributed by atoms with Crippen molar-refractivity contribution in [3.8, 4) is 17.6 Å². The number of benzene rings is 2. The number of nitriles is 1. The van der Waals surface area contributed by atoms with Gasteiger partial charge in [-0.2, -0.15) is 5.26 Å². The molecule has 0 spiro atoms. The minimum Gasteiger partial charge on any atom is -0.497 e. The molecule has 27 heavy (non-hydrogen) atoms. The second-order valence-corrected chi connectivity index (χ2v) is 5.30. The van der Waals surface area contributed by atoms with Crippen LogP contribution < -0.4 is 14.8 Å². The molecule has 0 aliphatic carbocycles. The van der Waals surface area contributed by atoms with Crippen molar-refractivity contribution in [2.45, 2.75) is 0 Å². The van der Waals surface area contributed by atoms with Crippen LogP contribution in [0.1, 0.15) is 15.9 Å². The lowest BCUT2D eigenvalue weighted by molar-refractivity contribution is -0.112. The highest BCUT2D eigenvalue weighted by molar-refractivity contribution is 6.10. The normalized spacial score (nSPS) is 10.5. The van der Waals surface area contributed by atoms with Gasteiger partial charge in [-0.25, -0.2) is 4.79 Å². The monoisotopic (exact) mass is 366 g/mol. The van der Waals surface area contributed by atoms with Gasteiger partial charge in [0.15, 0.2) is 0 Å². The van der Waals surface area contributed by atoms with Gasteiger partial charge in [0.1, 0.15) is 23.1 Å². The Hall–Kier alpha value is -3.79. The number of esters is 1. The van der Waals surface area contributed by atoms with E-state index in [1.165, 1.54) is 39.5 Å². The minimum atomic E-state index is -0.582. The molecule has 0 heterocycles. The SMILES string of the molecule is COC(=O)c1ccc(NC(=O)/C(C#N)=C/c2ccc(OC)cc2OC)cc1. The summed E-state index contributed by atoms with van der Waals surface area (Å²) in [7, 11) is 4.31. The lowest BCUT2D eigenvalue weighted by Crippen LogP contribution is -2.13. The van der Waals surface area contributed by atoms with Crippen molar-refractivity contribution in [3.63, 3.8) is 0 Å². The zero-order valence-corrected chi connectivity index (χ0v) is 15.1. The Morgan fingerprint density at radius 3 is 2.30 bits per heavy atom. The number of carbonyl (C=O) groups excluding carboxylic acids is 2. The van der Waals surface area contributed by atoms with E-state index in [-0.39, 0.29) is 5.57 Å². The van der Waals surface area contributed by atoms with Gasteiger partial charge in [-0.3, -0.25) is 4.79 Å². The van der Waals surface area contributed by atoms with Gasteiger partial charge in [0, 0.05) is 17.3 Å². The summed E-state index contributed by atoms with van der Waals surface area (Å²) in [5, 5.41) is 12.0. The van der Waals surface area contributed by atoms with Crippen LogP contribution in [0.3, 0.4) is 0 Å². The number of nitrogens with one attached hydrogen (secondary N) is 1. The Morgan fingerprint density at radius 2 is 1.74 bits per heavy atom. The molecule has 1 N–H and O–H groups in total. The molecule has 0 saturated carbocycles. The summed E-state index contributed by atoms with van der Waals surface area (Å²) in [4.78, 5) is 23.8. The predicted octanol–water partition coefficient (Wildman–Crippen LogP) is 3.04. The maximum atomic E-state index is 12.4. The molecule has 0 radical (unpaired) electrons. The van der Waals surface area contributed by atoms with Gasteiger partial charge >= 0.3 is 5.97 Å². The van der Waals surface area contributed by atoms with Crippen LogP contribution in [-0.2, 0) is 9.53 Å². The summed E-state index contributed by atoms with van der Waals surface area (Å²) in [6, 6.07) is 13.1. The molecule has 138 valence electrons. The van der Waals surface area contributed by atoms with E-state index < -0.39 is 11.9 Å². The fraction of sp³-hybridized carbons (Fsp3) is 0.150. The van der Waals surface area contributed by atoms with Crippen molar-refractivity contribution in [2.24, 2.45) is 0 Å². The molecule has 0 atom stereocenters. The van der Waals surface area contributed by atoms with Crippen LogP contribution in [0.15, 0.2) is 48.0 Å². The number of methoxy groups -OCH3 is 3. The summed E-state index contributed by atoms with van der Waals surface area (Å²) >= 11 is 0. The number of anilines is 1. The van der Waals surface area contributed by atoms with Gasteiger partial charge in [0.05, 0.1) is 26.9 Å². The maximum Gasteiger partial charge on any atom is 0.337 e. The van der Waals surface area contributed by atoms with Crippen LogP contribution in [0.5, 0.6) is 11.5 Å². The van der Waals surface area contributed by atoms with Gasteiger partial charge < -0.3 is 19.5 Å². The molecule has 7 nitrogen and oxygen atoms in total. The number of carbonyl (C=O) groups is 2. The molecule has 0 aliphatic rings. The van der Waals surface area contributed by atoms with E-state index in [1.807, 2.05) is 6.07 Å². The number of hydrogen-bond acceptors (Lipinski definition) is 6. The molecular weight excluding hydrogens is 348 g/mol. The molecule has 0 bridgehead atoms. The van der Waals surface area contributed by atoms with Crippen molar-refractivity contribution in [2.75, 3.05) is 26.6 Å². The standard InChI is InChI=1S/C20H18N2O5/c1-25-17-9-6-14(18(11-17)26-2)10-15(12-21)19(23)22-16-7-4-13(5-8-16)20(24)27-3/h4-11H,1-3H3,(H,22,23)/b15-10+. The fourth-order valence-electron chi connectivity index (χ4n) is 2.25. The smallest absolute Gasteiger partial charge is 0.337 e. The zero-order chi connectivity index (χ0) is 19.8. The van der Waals surface area contributed by atoms with Crippen LogP contribution in [0.4, 0.5) is 5.69 Å². The lowest BCUT2D eigenvalue weighted by Gasteiger charge is -2.09. The molecule has 7 heteroatoms. The zero-order valence-electron chi connectivity index (χ0n) is 15.1. The number of ether oxygens (including phenoxy) is 3. The Labute approximate surface area is 156 Å². The predicted molar refractivity (Wildman–Crippen MR) is 99.5 cm³/mol. The van der Waals surface area contributed by atoms with Gasteiger partial charge in [0.2, 0.25) is 0 Å². The topological polar surface area (TPSA) is 97.7 Å². The molecule has 2 rings (SSSR count). The molecule has 1 amide bonds. The average Bonchev–Trinajstić information content (AvgIpc) is 2.71. The minimum absolute atomic E-state index is 0.101. The molecule has 0 aliphatic heterocycles. The van der Waals surface area contributed by atoms with Crippen LogP contribution >= 0.6 is 0 Å². The summed E-state index contributed by atoms with van der Waals surface area (Å²) in [5.41, 5.74) is 1.26. The van der Waals surface area contributed by atoms with Crippen LogP contribution in [0.25, 0.3) is 6.08 Å². The van der Waals surface area contributed by atoms with Crippen molar-refractivity contribution in [3.05, 3.63) is 59.2 Å². The van der Waals surface area contributed by atoms with Crippen molar-refractivity contribution < 1.29 is 23.8 Å². The molecule has 0 unspecified atom stereocenters. The van der Waals surface area contributed by atoms with Crippen LogP contribution in [0, 0.1) is 11.3 Å². The summed E-state index contributed by atoms with van der Waals surface area (Å²) in [6.07, 6.45) is 1.43. The first-order chi connectivity index (χ1) is 13.0. The molecule has 2 aromatic rings. The van der Waals surface area contributed by atoms with Gasteiger partial charge in [-0.05, 0) is 42.5 Å². The third-order valence-corrected chi connectivity index (χ3v) is 3.67. The molecule has 0 aromatic heterocycles. The Morgan fingerprint density at radius 1 is 1.04 bits per heavy atom. The van der Waals surface area contributed by atoms with E-state index in [0.29, 0.717) is 28.3 Å². The second-order valence-electron chi connectivity index (χ2n) is 5.30. The molecular formula is C20H18N2O5. The van der Waals surface area contributed by atoms with E-state index in [4.69, 9.17) is 9.47 Å². The lowest BCUT2D eigenvalue weighted by atomic mass is 10.1. The second kappa shape index (κ2) is 9.06. The largest absolute Gasteiger partial charge is 0.497 e. The van der Waals surface area contributed by atoms with E-state index >= 15 is 0 Å². The van der Waals surface area contributed by atoms with Crippen molar-refractivity contribution in [1.29, 1.82) is 5.26 Å². The Bertz CT molecular complexity index is 911. The first-order valence-corrected chi connectivity index (χ1v) is 7.86. The Balaban J connectivity index is 2.22. The number of hydrogen-bond donors (Lipinski definition) is 1. The van der Waals surface area contributed by atoms with Crippen LogP contribution in [-0.4, -0.2) is 33.2 Å². The van der Waals surface area contributed by atoms with Gasteiger partial charge in [0.25, 0.3) is 5.91 Å². The number of rotatable bonds is 6. The third-order valence-electron chi connectivity index (χ3n) is 3.67. The summed E-state index contributed by atoms with van der Waals surface area (Å²) in [5.74, 6) is 0.00765. The fourth-order valence-corrected chi connectivity index (χ4v) is 2.25. The van der Waals surface area contributed by atoms with E-state index in [9.17, 15) is 14.9 Å². The highest BCUT2D eigenvalue weighted by Crippen LogP contribution is 2.26. The van der Waals surface area contributed by atoms with Crippen molar-refractivity contribution in [1.82, 2.24) is 0 Å². The summed E-state index contributed by atoms with van der Waals surface area (Å²) < 4.78 is 15.0. The van der Waals surface area contributed by atoms with Gasteiger partial charge in [-0.1, -0.05) is 0 Å². The third kappa shape index (κ3) is 4.86. The highest BCUT2D eigenvalue weighted by atomic mass is 16.5. The molecule has 0 fully saturated rings. The van der Waals surface area contributed by atoms with Gasteiger partial charge in [-0.15, -0.1) is 0 Å². The van der Waals surface area contributed by atoms with E-state index in [2.05, 4.69) is 10.1 Å².